The van der Waals surface area contributed by atoms with Crippen LogP contribution in [-0.4, -0.2) is 31.8 Å². The van der Waals surface area contributed by atoms with E-state index in [1.54, 1.807) is 7.11 Å². The zero-order valence-corrected chi connectivity index (χ0v) is 8.34. The minimum absolute atomic E-state index is 0.255. The third-order valence-corrected chi connectivity index (χ3v) is 3.05. The second kappa shape index (κ2) is 3.73. The van der Waals surface area contributed by atoms with E-state index in [4.69, 9.17) is 10.6 Å². The van der Waals surface area contributed by atoms with Gasteiger partial charge in [-0.1, -0.05) is 13.3 Å². The first kappa shape index (κ1) is 9.96. The molecule has 0 saturated heterocycles. The van der Waals surface area contributed by atoms with Crippen LogP contribution in [0, 0.1) is 5.41 Å². The fourth-order valence-corrected chi connectivity index (χ4v) is 2.03. The van der Waals surface area contributed by atoms with Gasteiger partial charge in [-0.2, -0.15) is 5.06 Å². The summed E-state index contributed by atoms with van der Waals surface area (Å²) in [6.45, 7) is 3.19. The van der Waals surface area contributed by atoms with E-state index < -0.39 is 0 Å². The molecule has 2 unspecified atom stereocenters. The molecule has 0 aromatic heterocycles. The molecule has 0 aromatic carbocycles. The molecule has 1 aliphatic rings. The van der Waals surface area contributed by atoms with Crippen LogP contribution in [-0.2, 0) is 4.84 Å². The van der Waals surface area contributed by atoms with Crippen LogP contribution in [0.1, 0.15) is 26.2 Å². The molecular formula is C9H20N2O. The summed E-state index contributed by atoms with van der Waals surface area (Å²) in [4.78, 5) is 5.10. The summed E-state index contributed by atoms with van der Waals surface area (Å²) in [7, 11) is 3.65. The van der Waals surface area contributed by atoms with Crippen molar-refractivity contribution in [1.82, 2.24) is 5.06 Å². The van der Waals surface area contributed by atoms with Gasteiger partial charge < -0.3 is 10.6 Å². The summed E-state index contributed by atoms with van der Waals surface area (Å²) < 4.78 is 0. The molecule has 3 heteroatoms. The highest BCUT2D eigenvalue weighted by Crippen LogP contribution is 2.36. The van der Waals surface area contributed by atoms with Gasteiger partial charge in [0, 0.05) is 19.6 Å². The lowest BCUT2D eigenvalue weighted by atomic mass is 9.85. The Morgan fingerprint density at radius 2 is 2.33 bits per heavy atom. The Bertz CT molecular complexity index is 151. The smallest absolute Gasteiger partial charge is 0.0575 e. The van der Waals surface area contributed by atoms with Crippen molar-refractivity contribution in [2.75, 3.05) is 20.7 Å². The van der Waals surface area contributed by atoms with Gasteiger partial charge in [-0.25, -0.2) is 0 Å². The van der Waals surface area contributed by atoms with Crippen molar-refractivity contribution in [3.63, 3.8) is 0 Å². The van der Waals surface area contributed by atoms with Crippen LogP contribution < -0.4 is 5.73 Å². The average Bonchev–Trinajstić information content (AvgIpc) is 2.32. The summed E-state index contributed by atoms with van der Waals surface area (Å²) in [6.07, 6.45) is 3.64. The number of nitrogens with zero attached hydrogens (tertiary/aromatic N) is 1. The molecule has 0 amide bonds. The molecule has 2 N–H and O–H groups in total. The fraction of sp³-hybridized carbons (Fsp3) is 1.00. The van der Waals surface area contributed by atoms with Crippen molar-refractivity contribution in [3.05, 3.63) is 0 Å². The average molecular weight is 172 g/mol. The molecule has 0 radical (unpaired) electrons. The predicted molar refractivity (Wildman–Crippen MR) is 49.6 cm³/mol. The van der Waals surface area contributed by atoms with Crippen molar-refractivity contribution < 1.29 is 4.84 Å². The van der Waals surface area contributed by atoms with Crippen LogP contribution >= 0.6 is 0 Å². The minimum Gasteiger partial charge on any atom is -0.327 e. The molecule has 0 heterocycles. The van der Waals surface area contributed by atoms with E-state index >= 15 is 0 Å². The monoisotopic (exact) mass is 172 g/mol. The molecule has 0 bridgehead atoms. The van der Waals surface area contributed by atoms with Crippen molar-refractivity contribution >= 4 is 0 Å². The maximum absolute atomic E-state index is 6.03. The zero-order valence-electron chi connectivity index (χ0n) is 8.34. The SMILES string of the molecule is CON(C)CC1(C)CCCC1N. The van der Waals surface area contributed by atoms with Crippen LogP contribution in [0.25, 0.3) is 0 Å². The van der Waals surface area contributed by atoms with Gasteiger partial charge in [0.2, 0.25) is 0 Å². The summed E-state index contributed by atoms with van der Waals surface area (Å²) in [5, 5.41) is 1.87. The Kier molecular flexibility index (Phi) is 3.09. The van der Waals surface area contributed by atoms with E-state index in [-0.39, 0.29) is 5.41 Å². The van der Waals surface area contributed by atoms with Crippen LogP contribution in [0.2, 0.25) is 0 Å². The first-order valence-corrected chi connectivity index (χ1v) is 4.59. The summed E-state index contributed by atoms with van der Waals surface area (Å²) in [5.74, 6) is 0. The lowest BCUT2D eigenvalue weighted by Crippen LogP contribution is -2.42. The van der Waals surface area contributed by atoms with E-state index in [0.717, 1.165) is 13.0 Å². The van der Waals surface area contributed by atoms with E-state index in [2.05, 4.69) is 6.92 Å². The highest BCUT2D eigenvalue weighted by atomic mass is 16.7. The van der Waals surface area contributed by atoms with Crippen LogP contribution in [0.15, 0.2) is 0 Å². The Balaban J connectivity index is 2.47. The van der Waals surface area contributed by atoms with Crippen LogP contribution in [0.5, 0.6) is 0 Å². The molecule has 1 rings (SSSR count). The number of nitrogens with two attached hydrogens (primary N) is 1. The Morgan fingerprint density at radius 1 is 1.67 bits per heavy atom. The van der Waals surface area contributed by atoms with Gasteiger partial charge in [-0.3, -0.25) is 0 Å². The molecular weight excluding hydrogens is 152 g/mol. The van der Waals surface area contributed by atoms with E-state index in [9.17, 15) is 0 Å². The van der Waals surface area contributed by atoms with E-state index in [1.165, 1.54) is 12.8 Å². The molecule has 1 saturated carbocycles. The first-order valence-electron chi connectivity index (χ1n) is 4.59. The standard InChI is InChI=1S/C9H20N2O/c1-9(7-11(2)12-3)6-4-5-8(9)10/h8H,4-7,10H2,1-3H3. The van der Waals surface area contributed by atoms with E-state index in [1.807, 2.05) is 12.1 Å². The molecule has 0 spiro atoms. The van der Waals surface area contributed by atoms with Gasteiger partial charge in [-0.15, -0.1) is 0 Å². The van der Waals surface area contributed by atoms with Crippen LogP contribution in [0.3, 0.4) is 0 Å². The highest BCUT2D eigenvalue weighted by molar-refractivity contribution is 4.92. The number of rotatable bonds is 3. The molecule has 0 aliphatic heterocycles. The van der Waals surface area contributed by atoms with E-state index in [0.29, 0.717) is 6.04 Å². The van der Waals surface area contributed by atoms with Gasteiger partial charge >= 0.3 is 0 Å². The Morgan fingerprint density at radius 3 is 2.75 bits per heavy atom. The second-order valence-corrected chi connectivity index (χ2v) is 4.12. The maximum Gasteiger partial charge on any atom is 0.0575 e. The first-order chi connectivity index (χ1) is 5.58. The van der Waals surface area contributed by atoms with Gasteiger partial charge in [0.05, 0.1) is 7.11 Å². The highest BCUT2D eigenvalue weighted by Gasteiger charge is 2.37. The normalized spacial score (nSPS) is 36.2. The van der Waals surface area contributed by atoms with Crippen molar-refractivity contribution in [2.45, 2.75) is 32.2 Å². The molecule has 2 atom stereocenters. The largest absolute Gasteiger partial charge is 0.327 e. The molecule has 72 valence electrons. The van der Waals surface area contributed by atoms with Crippen LogP contribution in [0.4, 0.5) is 0 Å². The van der Waals surface area contributed by atoms with Gasteiger partial charge in [-0.05, 0) is 18.3 Å². The number of hydrogen-bond acceptors (Lipinski definition) is 3. The second-order valence-electron chi connectivity index (χ2n) is 4.12. The molecule has 12 heavy (non-hydrogen) atoms. The third-order valence-electron chi connectivity index (χ3n) is 3.05. The zero-order chi connectivity index (χ0) is 9.19. The lowest BCUT2D eigenvalue weighted by Gasteiger charge is -2.32. The molecule has 3 nitrogen and oxygen atoms in total. The van der Waals surface area contributed by atoms with Crippen molar-refractivity contribution in [3.8, 4) is 0 Å². The quantitative estimate of drug-likeness (QED) is 0.645. The number of hydrogen-bond donors (Lipinski definition) is 1. The molecule has 1 aliphatic carbocycles. The summed E-state index contributed by atoms with van der Waals surface area (Å²) in [5.41, 5.74) is 6.29. The van der Waals surface area contributed by atoms with Gasteiger partial charge in [0.15, 0.2) is 0 Å². The fourth-order valence-electron chi connectivity index (χ4n) is 2.03. The molecule has 0 aromatic rings. The minimum atomic E-state index is 0.255. The van der Waals surface area contributed by atoms with Crippen molar-refractivity contribution in [2.24, 2.45) is 11.1 Å². The van der Waals surface area contributed by atoms with Gasteiger partial charge in [0.25, 0.3) is 0 Å². The van der Waals surface area contributed by atoms with Crippen molar-refractivity contribution in [1.29, 1.82) is 0 Å². The third kappa shape index (κ3) is 1.97. The predicted octanol–water partition coefficient (Wildman–Crippen LogP) is 0.997. The summed E-state index contributed by atoms with van der Waals surface area (Å²) >= 11 is 0. The Hall–Kier alpha value is -0.120. The lowest BCUT2D eigenvalue weighted by molar-refractivity contribution is -0.130. The number of hydroxylamine groups is 2. The molecule has 1 fully saturated rings. The maximum atomic E-state index is 6.03. The Labute approximate surface area is 74.8 Å². The van der Waals surface area contributed by atoms with Gasteiger partial charge in [0.1, 0.15) is 0 Å². The summed E-state index contributed by atoms with van der Waals surface area (Å²) in [6, 6.07) is 0.343. The topological polar surface area (TPSA) is 38.5 Å².